The van der Waals surface area contributed by atoms with Gasteiger partial charge in [0.05, 0.1) is 17.4 Å². The Balaban J connectivity index is 2.08. The predicted octanol–water partition coefficient (Wildman–Crippen LogP) is 4.10. The van der Waals surface area contributed by atoms with E-state index in [1.165, 1.54) is 18.9 Å². The van der Waals surface area contributed by atoms with E-state index in [1.807, 2.05) is 0 Å². The summed E-state index contributed by atoms with van der Waals surface area (Å²) in [6.45, 7) is 0. The van der Waals surface area contributed by atoms with Crippen LogP contribution >= 0.6 is 0 Å². The highest BCUT2D eigenvalue weighted by atomic mass is 19.4. The van der Waals surface area contributed by atoms with Crippen LogP contribution in [0.25, 0.3) is 0 Å². The molecular formula is C14H18F3NO. The van der Waals surface area contributed by atoms with Crippen molar-refractivity contribution in [3.63, 3.8) is 0 Å². The van der Waals surface area contributed by atoms with Crippen molar-refractivity contribution in [2.45, 2.75) is 50.8 Å². The van der Waals surface area contributed by atoms with Crippen molar-refractivity contribution in [3.05, 3.63) is 29.6 Å². The highest BCUT2D eigenvalue weighted by Crippen LogP contribution is 2.34. The number of aromatic nitrogens is 1. The quantitative estimate of drug-likeness (QED) is 0.823. The third-order valence-corrected chi connectivity index (χ3v) is 3.76. The van der Waals surface area contributed by atoms with Crippen LogP contribution in [0, 0.1) is 5.92 Å². The van der Waals surface area contributed by atoms with Crippen molar-refractivity contribution in [2.24, 2.45) is 5.92 Å². The molecule has 1 fully saturated rings. The van der Waals surface area contributed by atoms with Crippen LogP contribution in [0.3, 0.4) is 0 Å². The van der Waals surface area contributed by atoms with Gasteiger partial charge in [-0.3, -0.25) is 4.98 Å². The topological polar surface area (TPSA) is 33.1 Å². The molecule has 2 rings (SSSR count). The van der Waals surface area contributed by atoms with Gasteiger partial charge >= 0.3 is 6.18 Å². The highest BCUT2D eigenvalue weighted by Gasteiger charge is 2.31. The molecule has 1 aromatic rings. The lowest BCUT2D eigenvalue weighted by atomic mass is 9.92. The van der Waals surface area contributed by atoms with Gasteiger partial charge in [-0.15, -0.1) is 0 Å². The monoisotopic (exact) mass is 273 g/mol. The lowest BCUT2D eigenvalue weighted by Crippen LogP contribution is -2.14. The second kappa shape index (κ2) is 5.90. The maximum atomic E-state index is 12.4. The zero-order valence-electron chi connectivity index (χ0n) is 10.7. The Morgan fingerprint density at radius 1 is 1.11 bits per heavy atom. The normalized spacial score (nSPS) is 20.0. The number of pyridine rings is 1. The molecule has 2 nitrogen and oxygen atoms in total. The Hall–Kier alpha value is -1.10. The van der Waals surface area contributed by atoms with Gasteiger partial charge in [0.1, 0.15) is 0 Å². The van der Waals surface area contributed by atoms with Crippen LogP contribution in [0.2, 0.25) is 0 Å². The number of nitrogens with zero attached hydrogens (tertiary/aromatic N) is 1. The fraction of sp³-hybridized carbons (Fsp3) is 0.643. The summed E-state index contributed by atoms with van der Waals surface area (Å²) < 4.78 is 37.3. The van der Waals surface area contributed by atoms with Gasteiger partial charge in [0, 0.05) is 6.20 Å². The zero-order chi connectivity index (χ0) is 13.9. The number of aliphatic hydroxyl groups excluding tert-OH is 1. The number of alkyl halides is 3. The highest BCUT2D eigenvalue weighted by molar-refractivity contribution is 5.18. The van der Waals surface area contributed by atoms with Crippen molar-refractivity contribution < 1.29 is 18.3 Å². The van der Waals surface area contributed by atoms with Crippen LogP contribution in [-0.4, -0.2) is 10.1 Å². The summed E-state index contributed by atoms with van der Waals surface area (Å²) in [7, 11) is 0. The van der Waals surface area contributed by atoms with E-state index in [0.717, 1.165) is 37.9 Å². The van der Waals surface area contributed by atoms with Gasteiger partial charge in [0.15, 0.2) is 0 Å². The first-order valence-corrected chi connectivity index (χ1v) is 6.69. The van der Waals surface area contributed by atoms with Crippen LogP contribution in [0.5, 0.6) is 0 Å². The fourth-order valence-electron chi connectivity index (χ4n) is 2.62. The van der Waals surface area contributed by atoms with E-state index < -0.39 is 17.8 Å². The van der Waals surface area contributed by atoms with Gasteiger partial charge in [0.2, 0.25) is 0 Å². The molecule has 1 aliphatic rings. The summed E-state index contributed by atoms with van der Waals surface area (Å²) in [5.41, 5.74) is -0.427. The largest absolute Gasteiger partial charge is 0.417 e. The molecule has 0 amide bonds. The third kappa shape index (κ3) is 3.69. The molecule has 0 saturated heterocycles. The van der Waals surface area contributed by atoms with E-state index in [4.69, 9.17) is 0 Å². The predicted molar refractivity (Wildman–Crippen MR) is 65.4 cm³/mol. The molecule has 0 spiro atoms. The van der Waals surface area contributed by atoms with Gasteiger partial charge in [-0.2, -0.15) is 13.2 Å². The van der Waals surface area contributed by atoms with Crippen molar-refractivity contribution in [2.75, 3.05) is 0 Å². The summed E-state index contributed by atoms with van der Waals surface area (Å²) >= 11 is 0. The van der Waals surface area contributed by atoms with Gasteiger partial charge < -0.3 is 5.11 Å². The molecule has 1 aliphatic carbocycles. The number of hydrogen-bond acceptors (Lipinski definition) is 2. The Kier molecular flexibility index (Phi) is 4.45. The number of halogens is 3. The van der Waals surface area contributed by atoms with Crippen LogP contribution < -0.4 is 0 Å². The minimum absolute atomic E-state index is 0.117. The minimum Gasteiger partial charge on any atom is -0.387 e. The molecule has 1 N–H and O–H groups in total. The SMILES string of the molecule is OC(c1ccc(C(F)(F)F)cn1)C1CCCCCC1. The molecule has 1 aromatic heterocycles. The Morgan fingerprint density at radius 3 is 2.21 bits per heavy atom. The molecule has 0 aliphatic heterocycles. The van der Waals surface area contributed by atoms with Crippen molar-refractivity contribution in [3.8, 4) is 0 Å². The Bertz CT molecular complexity index is 394. The molecule has 1 atom stereocenters. The number of aliphatic hydroxyl groups is 1. The summed E-state index contributed by atoms with van der Waals surface area (Å²) in [6.07, 6.45) is 2.00. The minimum atomic E-state index is -4.38. The van der Waals surface area contributed by atoms with Crippen LogP contribution in [0.4, 0.5) is 13.2 Å². The lowest BCUT2D eigenvalue weighted by molar-refractivity contribution is -0.137. The molecule has 106 valence electrons. The molecule has 19 heavy (non-hydrogen) atoms. The van der Waals surface area contributed by atoms with E-state index >= 15 is 0 Å². The first kappa shape index (κ1) is 14.3. The smallest absolute Gasteiger partial charge is 0.387 e. The summed E-state index contributed by atoms with van der Waals surface area (Å²) in [5, 5.41) is 10.2. The van der Waals surface area contributed by atoms with E-state index in [9.17, 15) is 18.3 Å². The van der Waals surface area contributed by atoms with E-state index in [0.29, 0.717) is 5.69 Å². The summed E-state index contributed by atoms with van der Waals surface area (Å²) in [6, 6.07) is 2.28. The fourth-order valence-corrected chi connectivity index (χ4v) is 2.62. The molecule has 1 heterocycles. The first-order valence-electron chi connectivity index (χ1n) is 6.69. The van der Waals surface area contributed by atoms with Gasteiger partial charge in [-0.1, -0.05) is 25.7 Å². The second-order valence-electron chi connectivity index (χ2n) is 5.17. The maximum absolute atomic E-state index is 12.4. The van der Waals surface area contributed by atoms with Crippen LogP contribution in [-0.2, 0) is 6.18 Å². The van der Waals surface area contributed by atoms with Gasteiger partial charge in [-0.05, 0) is 30.9 Å². The Labute approximate surface area is 110 Å². The molecule has 1 saturated carbocycles. The van der Waals surface area contributed by atoms with Gasteiger partial charge in [-0.25, -0.2) is 0 Å². The van der Waals surface area contributed by atoms with Crippen molar-refractivity contribution >= 4 is 0 Å². The van der Waals surface area contributed by atoms with Crippen LogP contribution in [0.1, 0.15) is 55.9 Å². The van der Waals surface area contributed by atoms with E-state index in [1.54, 1.807) is 0 Å². The summed E-state index contributed by atoms with van der Waals surface area (Å²) in [4.78, 5) is 3.78. The average molecular weight is 273 g/mol. The van der Waals surface area contributed by atoms with Crippen molar-refractivity contribution in [1.82, 2.24) is 4.98 Å². The standard InChI is InChI=1S/C14H18F3NO/c15-14(16,17)11-7-8-12(18-9-11)13(19)10-5-3-1-2-4-6-10/h7-10,13,19H,1-6H2. The third-order valence-electron chi connectivity index (χ3n) is 3.76. The van der Waals surface area contributed by atoms with Gasteiger partial charge in [0.25, 0.3) is 0 Å². The molecular weight excluding hydrogens is 255 g/mol. The Morgan fingerprint density at radius 2 is 1.74 bits per heavy atom. The van der Waals surface area contributed by atoms with E-state index in [-0.39, 0.29) is 5.92 Å². The van der Waals surface area contributed by atoms with Crippen LogP contribution in [0.15, 0.2) is 18.3 Å². The lowest BCUT2D eigenvalue weighted by Gasteiger charge is -2.21. The number of hydrogen-bond donors (Lipinski definition) is 1. The molecule has 0 aromatic carbocycles. The zero-order valence-corrected chi connectivity index (χ0v) is 10.7. The number of rotatable bonds is 2. The molecule has 1 unspecified atom stereocenters. The second-order valence-corrected chi connectivity index (χ2v) is 5.17. The molecule has 0 bridgehead atoms. The average Bonchev–Trinajstić information content (AvgIpc) is 2.66. The first-order chi connectivity index (χ1) is 8.98. The molecule has 5 heteroatoms. The summed E-state index contributed by atoms with van der Waals surface area (Å²) in [5.74, 6) is 0.117. The molecule has 0 radical (unpaired) electrons. The van der Waals surface area contributed by atoms with Crippen molar-refractivity contribution in [1.29, 1.82) is 0 Å². The van der Waals surface area contributed by atoms with E-state index in [2.05, 4.69) is 4.98 Å². The maximum Gasteiger partial charge on any atom is 0.417 e.